The lowest BCUT2D eigenvalue weighted by atomic mass is 10.1. The first-order valence-corrected chi connectivity index (χ1v) is 8.92. The van der Waals surface area contributed by atoms with Crippen LogP contribution in [0.2, 0.25) is 0 Å². The van der Waals surface area contributed by atoms with Crippen LogP contribution < -0.4 is 4.74 Å². The summed E-state index contributed by atoms with van der Waals surface area (Å²) in [5.74, 6) is 0.884. The number of carbonyl (C=O) groups excluding carboxylic acids is 1. The number of hydrogen-bond acceptors (Lipinski definition) is 5. The maximum atomic E-state index is 12.9. The Morgan fingerprint density at radius 3 is 2.88 bits per heavy atom. The van der Waals surface area contributed by atoms with Crippen molar-refractivity contribution in [3.63, 3.8) is 0 Å². The van der Waals surface area contributed by atoms with Crippen molar-refractivity contribution in [2.24, 2.45) is 0 Å². The smallest absolute Gasteiger partial charge is 0.224 e. The second-order valence-corrected chi connectivity index (χ2v) is 6.29. The van der Waals surface area contributed by atoms with E-state index in [0.29, 0.717) is 26.1 Å². The third kappa shape index (κ3) is 5.03. The van der Waals surface area contributed by atoms with Crippen LogP contribution in [0.3, 0.4) is 0 Å². The Hall–Kier alpha value is -2.44. The van der Waals surface area contributed by atoms with Gasteiger partial charge >= 0.3 is 0 Å². The minimum absolute atomic E-state index is 0.0928. The van der Waals surface area contributed by atoms with E-state index in [1.807, 2.05) is 46.4 Å². The zero-order valence-electron chi connectivity index (χ0n) is 15.1. The van der Waals surface area contributed by atoms with Crippen molar-refractivity contribution >= 4 is 5.91 Å². The summed E-state index contributed by atoms with van der Waals surface area (Å²) in [5, 5.41) is 1.88. The fourth-order valence-corrected chi connectivity index (χ4v) is 3.04. The van der Waals surface area contributed by atoms with Gasteiger partial charge in [-0.05, 0) is 24.1 Å². The average molecular weight is 355 g/mol. The SMILES string of the molecule is COc1ccccc1CN(Cc1cccnc1)C(=O)CCN1CCCO1. The summed E-state index contributed by atoms with van der Waals surface area (Å²) in [7, 11) is 1.65. The van der Waals surface area contributed by atoms with Crippen molar-refractivity contribution in [2.75, 3.05) is 26.8 Å². The number of hydroxylamine groups is 2. The zero-order valence-corrected chi connectivity index (χ0v) is 15.1. The molecule has 0 bridgehead atoms. The van der Waals surface area contributed by atoms with Crippen LogP contribution in [0.1, 0.15) is 24.0 Å². The van der Waals surface area contributed by atoms with Gasteiger partial charge in [-0.25, -0.2) is 0 Å². The molecular formula is C20H25N3O3. The lowest BCUT2D eigenvalue weighted by molar-refractivity contribution is -0.139. The first kappa shape index (κ1) is 18.4. The Balaban J connectivity index is 1.70. The molecule has 1 aromatic heterocycles. The number of para-hydroxylation sites is 1. The van der Waals surface area contributed by atoms with E-state index in [1.165, 1.54) is 0 Å². The van der Waals surface area contributed by atoms with Gasteiger partial charge in [0.1, 0.15) is 5.75 Å². The molecule has 6 nitrogen and oxygen atoms in total. The molecule has 0 atom stereocenters. The molecule has 0 saturated carbocycles. The maximum Gasteiger partial charge on any atom is 0.224 e. The van der Waals surface area contributed by atoms with E-state index >= 15 is 0 Å². The molecule has 1 aromatic carbocycles. The van der Waals surface area contributed by atoms with E-state index in [-0.39, 0.29) is 5.91 Å². The molecule has 2 heterocycles. The highest BCUT2D eigenvalue weighted by molar-refractivity contribution is 5.76. The number of amides is 1. The fourth-order valence-electron chi connectivity index (χ4n) is 3.04. The monoisotopic (exact) mass is 355 g/mol. The predicted molar refractivity (Wildman–Crippen MR) is 98.2 cm³/mol. The molecule has 26 heavy (non-hydrogen) atoms. The molecule has 0 radical (unpaired) electrons. The van der Waals surface area contributed by atoms with Crippen LogP contribution in [-0.4, -0.2) is 47.7 Å². The highest BCUT2D eigenvalue weighted by Gasteiger charge is 2.19. The normalized spacial score (nSPS) is 14.3. The topological polar surface area (TPSA) is 54.9 Å². The minimum atomic E-state index is 0.0928. The molecule has 3 rings (SSSR count). The van der Waals surface area contributed by atoms with E-state index < -0.39 is 0 Å². The molecule has 138 valence electrons. The highest BCUT2D eigenvalue weighted by atomic mass is 16.7. The number of hydrogen-bond donors (Lipinski definition) is 0. The molecule has 1 saturated heterocycles. The molecule has 1 aliphatic heterocycles. The number of benzene rings is 1. The van der Waals surface area contributed by atoms with Gasteiger partial charge in [-0.2, -0.15) is 5.06 Å². The summed E-state index contributed by atoms with van der Waals surface area (Å²) in [6.45, 7) is 3.27. The van der Waals surface area contributed by atoms with Crippen LogP contribution in [0.15, 0.2) is 48.8 Å². The van der Waals surface area contributed by atoms with Gasteiger partial charge in [0, 0.05) is 50.6 Å². The van der Waals surface area contributed by atoms with Crippen LogP contribution in [0.5, 0.6) is 5.75 Å². The van der Waals surface area contributed by atoms with Gasteiger partial charge in [0.05, 0.1) is 13.7 Å². The Bertz CT molecular complexity index is 702. The second-order valence-electron chi connectivity index (χ2n) is 6.29. The van der Waals surface area contributed by atoms with Crippen molar-refractivity contribution in [1.29, 1.82) is 0 Å². The van der Waals surface area contributed by atoms with E-state index in [9.17, 15) is 4.79 Å². The second kappa shape index (κ2) is 9.31. The third-order valence-electron chi connectivity index (χ3n) is 4.40. The number of nitrogens with zero attached hydrogens (tertiary/aromatic N) is 3. The Morgan fingerprint density at radius 2 is 2.15 bits per heavy atom. The van der Waals surface area contributed by atoms with E-state index in [0.717, 1.165) is 36.4 Å². The standard InChI is InChI=1S/C20H25N3O3/c1-25-19-8-3-2-7-18(19)16-22(15-17-6-4-10-21-14-17)20(24)9-12-23-11-5-13-26-23/h2-4,6-8,10,14H,5,9,11-13,15-16H2,1H3. The maximum absolute atomic E-state index is 12.9. The molecule has 0 spiro atoms. The largest absolute Gasteiger partial charge is 0.496 e. The number of ether oxygens (including phenoxy) is 1. The average Bonchev–Trinajstić information content (AvgIpc) is 3.20. The van der Waals surface area contributed by atoms with Crippen molar-refractivity contribution < 1.29 is 14.4 Å². The summed E-state index contributed by atoms with van der Waals surface area (Å²) >= 11 is 0. The van der Waals surface area contributed by atoms with Crippen molar-refractivity contribution in [2.45, 2.75) is 25.9 Å². The van der Waals surface area contributed by atoms with Crippen LogP contribution in [0.25, 0.3) is 0 Å². The number of carbonyl (C=O) groups is 1. The van der Waals surface area contributed by atoms with Crippen LogP contribution in [0.4, 0.5) is 0 Å². The zero-order chi connectivity index (χ0) is 18.2. The Kier molecular flexibility index (Phi) is 6.57. The first-order valence-electron chi connectivity index (χ1n) is 8.92. The summed E-state index contributed by atoms with van der Waals surface area (Å²) in [6.07, 6.45) is 4.98. The van der Waals surface area contributed by atoms with Crippen LogP contribution >= 0.6 is 0 Å². The molecule has 1 fully saturated rings. The van der Waals surface area contributed by atoms with E-state index in [4.69, 9.17) is 9.57 Å². The van der Waals surface area contributed by atoms with Crippen molar-refractivity contribution in [3.8, 4) is 5.75 Å². The number of pyridine rings is 1. The van der Waals surface area contributed by atoms with Gasteiger partial charge < -0.3 is 9.64 Å². The Morgan fingerprint density at radius 1 is 1.27 bits per heavy atom. The van der Waals surface area contributed by atoms with Gasteiger partial charge in [0.25, 0.3) is 0 Å². The Labute approximate surface area is 154 Å². The minimum Gasteiger partial charge on any atom is -0.496 e. The molecule has 2 aromatic rings. The molecule has 0 aliphatic carbocycles. The number of aromatic nitrogens is 1. The van der Waals surface area contributed by atoms with Gasteiger partial charge in [-0.3, -0.25) is 14.6 Å². The summed E-state index contributed by atoms with van der Waals surface area (Å²) in [4.78, 5) is 24.4. The van der Waals surface area contributed by atoms with E-state index in [2.05, 4.69) is 4.98 Å². The summed E-state index contributed by atoms with van der Waals surface area (Å²) in [6, 6.07) is 11.7. The number of rotatable bonds is 8. The fraction of sp³-hybridized carbons (Fsp3) is 0.400. The van der Waals surface area contributed by atoms with Gasteiger partial charge in [-0.15, -0.1) is 0 Å². The molecule has 0 unspecified atom stereocenters. The van der Waals surface area contributed by atoms with Crippen LogP contribution in [0, 0.1) is 0 Å². The van der Waals surface area contributed by atoms with Gasteiger partial charge in [0.2, 0.25) is 5.91 Å². The van der Waals surface area contributed by atoms with Crippen LogP contribution in [-0.2, 0) is 22.7 Å². The lowest BCUT2D eigenvalue weighted by Crippen LogP contribution is -2.33. The predicted octanol–water partition coefficient (Wildman–Crippen LogP) is 2.65. The lowest BCUT2D eigenvalue weighted by Gasteiger charge is -2.25. The van der Waals surface area contributed by atoms with Crippen molar-refractivity contribution in [3.05, 3.63) is 59.9 Å². The van der Waals surface area contributed by atoms with E-state index in [1.54, 1.807) is 19.5 Å². The summed E-state index contributed by atoms with van der Waals surface area (Å²) in [5.41, 5.74) is 2.00. The molecule has 1 amide bonds. The molecule has 0 N–H and O–H groups in total. The summed E-state index contributed by atoms with van der Waals surface area (Å²) < 4.78 is 5.44. The quantitative estimate of drug-likeness (QED) is 0.729. The van der Waals surface area contributed by atoms with Gasteiger partial charge in [0.15, 0.2) is 0 Å². The number of methoxy groups -OCH3 is 1. The third-order valence-corrected chi connectivity index (χ3v) is 4.40. The molecule has 6 heteroatoms. The molecular weight excluding hydrogens is 330 g/mol. The highest BCUT2D eigenvalue weighted by Crippen LogP contribution is 2.21. The van der Waals surface area contributed by atoms with Gasteiger partial charge in [-0.1, -0.05) is 24.3 Å². The molecule has 1 aliphatic rings. The van der Waals surface area contributed by atoms with Crippen molar-refractivity contribution in [1.82, 2.24) is 14.9 Å². The first-order chi connectivity index (χ1) is 12.8.